The summed E-state index contributed by atoms with van der Waals surface area (Å²) in [5.41, 5.74) is 2.05. The van der Waals surface area contributed by atoms with Crippen LogP contribution >= 0.6 is 0 Å². The van der Waals surface area contributed by atoms with Gasteiger partial charge in [-0.1, -0.05) is 35.5 Å². The number of aryl methyl sites for hydroxylation is 1. The number of piperazine rings is 1. The third kappa shape index (κ3) is 3.49. The van der Waals surface area contributed by atoms with Crippen LogP contribution in [0.25, 0.3) is 0 Å². The van der Waals surface area contributed by atoms with Gasteiger partial charge in [-0.3, -0.25) is 9.69 Å². The van der Waals surface area contributed by atoms with Crippen molar-refractivity contribution in [2.45, 2.75) is 20.0 Å². The Labute approximate surface area is 124 Å². The van der Waals surface area contributed by atoms with Crippen LogP contribution in [0.4, 0.5) is 0 Å². The maximum atomic E-state index is 12.2. The zero-order chi connectivity index (χ0) is 14.7. The van der Waals surface area contributed by atoms with Gasteiger partial charge in [0.2, 0.25) is 5.91 Å². The third-order valence-corrected chi connectivity index (χ3v) is 3.67. The van der Waals surface area contributed by atoms with Gasteiger partial charge in [0.05, 0.1) is 18.8 Å². The fourth-order valence-corrected chi connectivity index (χ4v) is 2.57. The molecule has 1 aromatic heterocycles. The van der Waals surface area contributed by atoms with Gasteiger partial charge >= 0.3 is 0 Å². The Hall–Kier alpha value is -2.14. The van der Waals surface area contributed by atoms with Crippen LogP contribution in [-0.2, 0) is 17.9 Å². The molecule has 0 aliphatic carbocycles. The maximum absolute atomic E-state index is 12.2. The lowest BCUT2D eigenvalue weighted by molar-refractivity contribution is -0.137. The van der Waals surface area contributed by atoms with E-state index in [1.807, 2.05) is 36.1 Å². The molecular formula is C16H19N3O2. The molecular weight excluding hydrogens is 266 g/mol. The summed E-state index contributed by atoms with van der Waals surface area (Å²) in [6.45, 7) is 5.28. The topological polar surface area (TPSA) is 49.6 Å². The molecule has 0 radical (unpaired) electrons. The summed E-state index contributed by atoms with van der Waals surface area (Å²) in [6.07, 6.45) is 0. The summed E-state index contributed by atoms with van der Waals surface area (Å²) in [6, 6.07) is 12.0. The van der Waals surface area contributed by atoms with Crippen molar-refractivity contribution in [1.29, 1.82) is 0 Å². The SMILES string of the molecule is Cc1cc(CN2CCN(Cc3ccccc3)C(=O)C2)on1. The molecule has 1 aliphatic rings. The smallest absolute Gasteiger partial charge is 0.237 e. The van der Waals surface area contributed by atoms with Crippen LogP contribution in [0.1, 0.15) is 17.0 Å². The summed E-state index contributed by atoms with van der Waals surface area (Å²) in [7, 11) is 0. The third-order valence-electron chi connectivity index (χ3n) is 3.67. The fraction of sp³-hybridized carbons (Fsp3) is 0.375. The van der Waals surface area contributed by atoms with Crippen LogP contribution in [0.2, 0.25) is 0 Å². The first-order valence-electron chi connectivity index (χ1n) is 7.17. The normalized spacial score (nSPS) is 16.4. The zero-order valence-electron chi connectivity index (χ0n) is 12.2. The van der Waals surface area contributed by atoms with E-state index in [0.717, 1.165) is 24.5 Å². The highest BCUT2D eigenvalue weighted by Crippen LogP contribution is 2.13. The highest BCUT2D eigenvalue weighted by Gasteiger charge is 2.24. The molecule has 0 saturated carbocycles. The number of carbonyl (C=O) groups is 1. The highest BCUT2D eigenvalue weighted by atomic mass is 16.5. The number of nitrogens with zero attached hydrogens (tertiary/aromatic N) is 3. The molecule has 0 unspecified atom stereocenters. The van der Waals surface area contributed by atoms with Gasteiger partial charge in [-0.2, -0.15) is 0 Å². The van der Waals surface area contributed by atoms with E-state index >= 15 is 0 Å². The van der Waals surface area contributed by atoms with Crippen LogP contribution < -0.4 is 0 Å². The Morgan fingerprint density at radius 3 is 2.67 bits per heavy atom. The number of amides is 1. The first-order chi connectivity index (χ1) is 10.2. The molecule has 0 N–H and O–H groups in total. The zero-order valence-corrected chi connectivity index (χ0v) is 12.2. The quantitative estimate of drug-likeness (QED) is 0.860. The van der Waals surface area contributed by atoms with E-state index in [0.29, 0.717) is 19.6 Å². The second kappa shape index (κ2) is 6.10. The highest BCUT2D eigenvalue weighted by molar-refractivity contribution is 5.79. The van der Waals surface area contributed by atoms with Gasteiger partial charge in [0, 0.05) is 25.7 Å². The number of aromatic nitrogens is 1. The van der Waals surface area contributed by atoms with Gasteiger partial charge < -0.3 is 9.42 Å². The van der Waals surface area contributed by atoms with Crippen molar-refractivity contribution in [3.8, 4) is 0 Å². The predicted octanol–water partition coefficient (Wildman–Crippen LogP) is 1.83. The molecule has 0 atom stereocenters. The van der Waals surface area contributed by atoms with E-state index in [4.69, 9.17) is 4.52 Å². The van der Waals surface area contributed by atoms with E-state index in [-0.39, 0.29) is 5.91 Å². The number of rotatable bonds is 4. The molecule has 1 amide bonds. The molecule has 1 saturated heterocycles. The Balaban J connectivity index is 1.55. The largest absolute Gasteiger partial charge is 0.360 e. The molecule has 1 fully saturated rings. The minimum atomic E-state index is 0.168. The summed E-state index contributed by atoms with van der Waals surface area (Å²) in [5, 5.41) is 3.87. The van der Waals surface area contributed by atoms with Crippen molar-refractivity contribution >= 4 is 5.91 Å². The number of hydrogen-bond donors (Lipinski definition) is 0. The number of benzene rings is 1. The van der Waals surface area contributed by atoms with Crippen molar-refractivity contribution < 1.29 is 9.32 Å². The molecule has 21 heavy (non-hydrogen) atoms. The summed E-state index contributed by atoms with van der Waals surface area (Å²) >= 11 is 0. The molecule has 110 valence electrons. The molecule has 5 heteroatoms. The minimum absolute atomic E-state index is 0.168. The van der Waals surface area contributed by atoms with Gasteiger partial charge in [0.1, 0.15) is 0 Å². The Kier molecular flexibility index (Phi) is 4.01. The summed E-state index contributed by atoms with van der Waals surface area (Å²) in [4.78, 5) is 16.3. The Bertz CT molecular complexity index is 609. The Morgan fingerprint density at radius 2 is 2.00 bits per heavy atom. The van der Waals surface area contributed by atoms with Gasteiger partial charge in [-0.25, -0.2) is 0 Å². The van der Waals surface area contributed by atoms with E-state index in [9.17, 15) is 4.79 Å². The monoisotopic (exact) mass is 285 g/mol. The summed E-state index contributed by atoms with van der Waals surface area (Å²) in [5.74, 6) is 0.984. The van der Waals surface area contributed by atoms with E-state index in [1.165, 1.54) is 5.56 Å². The van der Waals surface area contributed by atoms with E-state index in [2.05, 4.69) is 22.2 Å². The molecule has 0 bridgehead atoms. The fourth-order valence-electron chi connectivity index (χ4n) is 2.57. The first-order valence-corrected chi connectivity index (χ1v) is 7.17. The van der Waals surface area contributed by atoms with Crippen LogP contribution in [0.5, 0.6) is 0 Å². The Morgan fingerprint density at radius 1 is 1.19 bits per heavy atom. The standard InChI is InChI=1S/C16H19N3O2/c1-13-9-15(21-17-13)11-18-7-8-19(16(20)12-18)10-14-5-3-2-4-6-14/h2-6,9H,7-8,10-12H2,1H3. The van der Waals surface area contributed by atoms with Crippen molar-refractivity contribution in [1.82, 2.24) is 15.0 Å². The predicted molar refractivity (Wildman–Crippen MR) is 78.4 cm³/mol. The van der Waals surface area contributed by atoms with Crippen LogP contribution in [0, 0.1) is 6.92 Å². The molecule has 1 aliphatic heterocycles. The van der Waals surface area contributed by atoms with E-state index < -0.39 is 0 Å². The summed E-state index contributed by atoms with van der Waals surface area (Å²) < 4.78 is 5.21. The molecule has 2 aromatic rings. The molecule has 0 spiro atoms. The lowest BCUT2D eigenvalue weighted by Gasteiger charge is -2.33. The minimum Gasteiger partial charge on any atom is -0.360 e. The van der Waals surface area contributed by atoms with Gasteiger partial charge in [0.25, 0.3) is 0 Å². The lowest BCUT2D eigenvalue weighted by atomic mass is 10.2. The molecule has 5 nitrogen and oxygen atoms in total. The number of carbonyl (C=O) groups excluding carboxylic acids is 1. The van der Waals surface area contributed by atoms with E-state index in [1.54, 1.807) is 0 Å². The number of hydrogen-bond acceptors (Lipinski definition) is 4. The lowest BCUT2D eigenvalue weighted by Crippen LogP contribution is -2.49. The van der Waals surface area contributed by atoms with Gasteiger partial charge in [-0.15, -0.1) is 0 Å². The van der Waals surface area contributed by atoms with Crippen LogP contribution in [0.3, 0.4) is 0 Å². The molecule has 3 rings (SSSR count). The van der Waals surface area contributed by atoms with Crippen molar-refractivity contribution in [3.63, 3.8) is 0 Å². The van der Waals surface area contributed by atoms with Crippen molar-refractivity contribution in [2.75, 3.05) is 19.6 Å². The molecule has 2 heterocycles. The van der Waals surface area contributed by atoms with Crippen LogP contribution in [-0.4, -0.2) is 40.5 Å². The average Bonchev–Trinajstić information content (AvgIpc) is 2.88. The second-order valence-electron chi connectivity index (χ2n) is 5.45. The molecule has 1 aromatic carbocycles. The van der Waals surface area contributed by atoms with Crippen LogP contribution in [0.15, 0.2) is 40.9 Å². The van der Waals surface area contributed by atoms with Crippen molar-refractivity contribution in [2.24, 2.45) is 0 Å². The average molecular weight is 285 g/mol. The van der Waals surface area contributed by atoms with Crippen molar-refractivity contribution in [3.05, 3.63) is 53.4 Å². The first kappa shape index (κ1) is 13.8. The second-order valence-corrected chi connectivity index (χ2v) is 5.45. The van der Waals surface area contributed by atoms with Gasteiger partial charge in [0.15, 0.2) is 5.76 Å². The van der Waals surface area contributed by atoms with Gasteiger partial charge in [-0.05, 0) is 12.5 Å². The maximum Gasteiger partial charge on any atom is 0.237 e.